The van der Waals surface area contributed by atoms with E-state index in [9.17, 15) is 37.2 Å². The van der Waals surface area contributed by atoms with Crippen molar-refractivity contribution in [2.75, 3.05) is 57.4 Å². The number of anilines is 1. The van der Waals surface area contributed by atoms with Gasteiger partial charge >= 0.3 is 0 Å². The number of benzene rings is 4. The average Bonchev–Trinajstić information content (AvgIpc) is 3.96. The van der Waals surface area contributed by atoms with Gasteiger partial charge < -0.3 is 19.9 Å². The van der Waals surface area contributed by atoms with Gasteiger partial charge in [-0.05, 0) is 78.9 Å². The highest BCUT2D eigenvalue weighted by molar-refractivity contribution is 7.90. The van der Waals surface area contributed by atoms with Crippen LogP contribution in [0.3, 0.4) is 0 Å². The highest BCUT2D eigenvalue weighted by Gasteiger charge is 2.45. The maximum absolute atomic E-state index is 13.9. The van der Waals surface area contributed by atoms with Gasteiger partial charge in [0.25, 0.3) is 23.3 Å². The van der Waals surface area contributed by atoms with Crippen molar-refractivity contribution in [3.05, 3.63) is 124 Å². The Morgan fingerprint density at radius 3 is 2.34 bits per heavy atom. The van der Waals surface area contributed by atoms with Gasteiger partial charge in [-0.25, -0.2) is 13.4 Å². The molecule has 3 aliphatic heterocycles. The van der Waals surface area contributed by atoms with E-state index in [1.54, 1.807) is 47.4 Å². The Bertz CT molecular complexity index is 2990. The Labute approximate surface area is 372 Å². The highest BCUT2D eigenvalue weighted by Crippen LogP contribution is 2.32. The van der Waals surface area contributed by atoms with Gasteiger partial charge in [0.15, 0.2) is 16.4 Å². The fourth-order valence-corrected chi connectivity index (χ4v) is 9.13. The summed E-state index contributed by atoms with van der Waals surface area (Å²) in [6, 6.07) is 25.1. The zero-order chi connectivity index (χ0) is 45.4. The number of ether oxygens (including phenoxy) is 1. The summed E-state index contributed by atoms with van der Waals surface area (Å²) in [7, 11) is -3.41. The number of hydrogen-bond acceptors (Lipinski definition) is 12. The lowest BCUT2D eigenvalue weighted by Gasteiger charge is -2.34. The first-order chi connectivity index (χ1) is 31.3. The number of rotatable bonds is 14. The minimum absolute atomic E-state index is 0.0464. The number of nitrogens with zero attached hydrogens (tertiary/aromatic N) is 5. The number of aromatic nitrogens is 4. The first-order valence-electron chi connectivity index (χ1n) is 21.2. The molecule has 5 heterocycles. The fourth-order valence-electron chi connectivity index (χ4n) is 8.50. The maximum atomic E-state index is 13.9. The lowest BCUT2D eigenvalue weighted by Crippen LogP contribution is -2.54. The van der Waals surface area contributed by atoms with Crippen molar-refractivity contribution in [2.24, 2.45) is 0 Å². The summed E-state index contributed by atoms with van der Waals surface area (Å²) in [5.41, 5.74) is 4.76. The van der Waals surface area contributed by atoms with Gasteiger partial charge in [-0.2, -0.15) is 4.68 Å². The lowest BCUT2D eigenvalue weighted by atomic mass is 10.0. The minimum atomic E-state index is -3.41. The third-order valence-electron chi connectivity index (χ3n) is 12.0. The van der Waals surface area contributed by atoms with E-state index in [2.05, 4.69) is 30.6 Å². The van der Waals surface area contributed by atoms with Crippen LogP contribution in [-0.4, -0.2) is 131 Å². The van der Waals surface area contributed by atoms with Crippen molar-refractivity contribution < 1.29 is 37.1 Å². The molecule has 2 aromatic heterocycles. The molecule has 1 unspecified atom stereocenters. The number of aryl methyl sites for hydroxylation is 1. The van der Waals surface area contributed by atoms with E-state index in [-0.39, 0.29) is 46.9 Å². The van der Waals surface area contributed by atoms with Crippen LogP contribution in [0.4, 0.5) is 5.69 Å². The SMILES string of the molecule is CS(=O)(=O)c1ccc(-c2[nH]n(-c3nc4ccccc4[nH]3)c(=O)c2CCc2ccc(OCC(=O)N3CCN(CCNc4cccc5c4C(=O)N(C4CCC(=O)NC4=O)C5=O)CC3)cc2)cc1. The third-order valence-corrected chi connectivity index (χ3v) is 13.2. The second kappa shape index (κ2) is 17.6. The number of sulfone groups is 1. The van der Waals surface area contributed by atoms with E-state index in [1.807, 2.05) is 36.4 Å². The Morgan fingerprint density at radius 2 is 1.62 bits per heavy atom. The molecule has 2 saturated heterocycles. The Morgan fingerprint density at radius 1 is 0.862 bits per heavy atom. The van der Waals surface area contributed by atoms with Gasteiger partial charge in [-0.1, -0.05) is 42.5 Å². The molecule has 0 bridgehead atoms. The molecule has 2 fully saturated rings. The quantitative estimate of drug-likeness (QED) is 0.116. The zero-order valence-corrected chi connectivity index (χ0v) is 36.2. The van der Waals surface area contributed by atoms with E-state index in [0.29, 0.717) is 91.8 Å². The summed E-state index contributed by atoms with van der Waals surface area (Å²) >= 11 is 0. The number of piperidine rings is 1. The molecule has 0 radical (unpaired) electrons. The molecule has 19 heteroatoms. The molecule has 4 N–H and O–H groups in total. The van der Waals surface area contributed by atoms with Crippen molar-refractivity contribution in [1.82, 2.24) is 39.8 Å². The van der Waals surface area contributed by atoms with E-state index in [1.165, 1.54) is 16.8 Å². The number of imide groups is 2. The standard InChI is InChI=1S/C46H45N9O9S/c1-65(62,63)31-16-12-29(13-17-31)41-33(44(60)55(51-41)46-48-34-6-2-3-7-35(34)49-46)18-11-28-9-14-30(15-10-28)64-27-39(57)53-25-23-52(24-26-53)22-21-47-36-8-4-5-32-40(36)45(61)54(43(32)59)37-19-20-38(56)50-42(37)58/h2-10,12-17,37,47,51H,11,18-27H2,1H3,(H,48,49)(H,50,56,58). The molecule has 9 rings (SSSR count). The molecular formula is C46H45N9O9S. The number of aromatic amines is 2. The fraction of sp³-hybridized carbons (Fsp3) is 0.283. The molecule has 0 spiro atoms. The number of nitrogens with one attached hydrogen (secondary N) is 4. The number of imidazole rings is 1. The Balaban J connectivity index is 0.763. The Hall–Kier alpha value is -7.38. The van der Waals surface area contributed by atoms with Crippen molar-refractivity contribution >= 4 is 56.1 Å². The van der Waals surface area contributed by atoms with Crippen molar-refractivity contribution in [3.63, 3.8) is 0 Å². The van der Waals surface area contributed by atoms with E-state index in [4.69, 9.17) is 4.74 Å². The average molecular weight is 900 g/mol. The number of fused-ring (bicyclic) bond motifs is 2. The molecule has 65 heavy (non-hydrogen) atoms. The van der Waals surface area contributed by atoms with Crippen molar-refractivity contribution in [1.29, 1.82) is 0 Å². The van der Waals surface area contributed by atoms with Crippen LogP contribution in [0.25, 0.3) is 28.2 Å². The summed E-state index contributed by atoms with van der Waals surface area (Å²) in [6.07, 6.45) is 2.15. The van der Waals surface area contributed by atoms with Gasteiger partial charge in [0.1, 0.15) is 11.8 Å². The number of piperazine rings is 1. The van der Waals surface area contributed by atoms with Crippen LogP contribution in [0.2, 0.25) is 0 Å². The molecule has 4 aromatic carbocycles. The topological polar surface area (TPSA) is 229 Å². The number of amides is 5. The second-order valence-electron chi connectivity index (χ2n) is 16.2. The maximum Gasteiger partial charge on any atom is 0.277 e. The van der Waals surface area contributed by atoms with E-state index >= 15 is 0 Å². The summed E-state index contributed by atoms with van der Waals surface area (Å²) in [5.74, 6) is -1.49. The number of carbonyl (C=O) groups excluding carboxylic acids is 5. The minimum Gasteiger partial charge on any atom is -0.484 e. The molecule has 1 atom stereocenters. The van der Waals surface area contributed by atoms with Crippen LogP contribution in [0.15, 0.2) is 101 Å². The molecular weight excluding hydrogens is 855 g/mol. The number of H-pyrrole nitrogens is 2. The first-order valence-corrected chi connectivity index (χ1v) is 23.1. The van der Waals surface area contributed by atoms with Gasteiger partial charge in [0.05, 0.1) is 32.7 Å². The molecule has 6 aromatic rings. The number of para-hydroxylation sites is 2. The van der Waals surface area contributed by atoms with Crippen LogP contribution < -0.4 is 20.9 Å². The molecule has 0 saturated carbocycles. The predicted molar refractivity (Wildman–Crippen MR) is 239 cm³/mol. The van der Waals surface area contributed by atoms with Gasteiger partial charge in [-0.3, -0.25) is 49.0 Å². The zero-order valence-electron chi connectivity index (χ0n) is 35.3. The van der Waals surface area contributed by atoms with E-state index < -0.39 is 39.5 Å². The molecule has 5 amide bonds. The largest absolute Gasteiger partial charge is 0.484 e. The predicted octanol–water partition coefficient (Wildman–Crippen LogP) is 2.93. The van der Waals surface area contributed by atoms with Crippen LogP contribution in [-0.2, 0) is 37.1 Å². The lowest BCUT2D eigenvalue weighted by molar-refractivity contribution is -0.136. The van der Waals surface area contributed by atoms with Crippen LogP contribution in [0.1, 0.15) is 44.7 Å². The Kier molecular flexibility index (Phi) is 11.6. The van der Waals surface area contributed by atoms with Gasteiger partial charge in [0.2, 0.25) is 17.8 Å². The summed E-state index contributed by atoms with van der Waals surface area (Å²) in [6.45, 7) is 3.25. The highest BCUT2D eigenvalue weighted by atomic mass is 32.2. The second-order valence-corrected chi connectivity index (χ2v) is 18.3. The molecule has 334 valence electrons. The van der Waals surface area contributed by atoms with Crippen LogP contribution in [0, 0.1) is 0 Å². The first kappa shape index (κ1) is 42.9. The molecule has 3 aliphatic rings. The molecule has 0 aliphatic carbocycles. The van der Waals surface area contributed by atoms with Crippen LogP contribution >= 0.6 is 0 Å². The van der Waals surface area contributed by atoms with Gasteiger partial charge in [0, 0.05) is 63.2 Å². The van der Waals surface area contributed by atoms with Gasteiger partial charge in [-0.15, -0.1) is 0 Å². The summed E-state index contributed by atoms with van der Waals surface area (Å²) in [5, 5.41) is 8.69. The third kappa shape index (κ3) is 8.79. The summed E-state index contributed by atoms with van der Waals surface area (Å²) < 4.78 is 31.5. The number of carbonyl (C=O) groups is 5. The van der Waals surface area contributed by atoms with Crippen LogP contribution in [0.5, 0.6) is 5.75 Å². The normalized spacial score (nSPS) is 16.8. The summed E-state index contributed by atoms with van der Waals surface area (Å²) in [4.78, 5) is 90.7. The monoisotopic (exact) mass is 899 g/mol. The smallest absolute Gasteiger partial charge is 0.277 e. The van der Waals surface area contributed by atoms with Crippen molar-refractivity contribution in [3.8, 4) is 23.0 Å². The van der Waals surface area contributed by atoms with E-state index in [0.717, 1.165) is 22.2 Å². The number of hydrogen-bond donors (Lipinski definition) is 4. The molecule has 18 nitrogen and oxygen atoms in total. The van der Waals surface area contributed by atoms with Crippen molar-refractivity contribution in [2.45, 2.75) is 36.6 Å².